The Hall–Kier alpha value is -3.18. The fourth-order valence-electron chi connectivity index (χ4n) is 3.03. The van der Waals surface area contributed by atoms with E-state index in [0.29, 0.717) is 10.9 Å². The molecular formula is C23H20N2O2S. The lowest BCUT2D eigenvalue weighted by molar-refractivity contribution is -0.118. The van der Waals surface area contributed by atoms with Gasteiger partial charge >= 0.3 is 0 Å². The zero-order valence-corrected chi connectivity index (χ0v) is 16.5. The summed E-state index contributed by atoms with van der Waals surface area (Å²) in [6.45, 7) is 4.04. The lowest BCUT2D eigenvalue weighted by Crippen LogP contribution is -2.20. The van der Waals surface area contributed by atoms with Gasteiger partial charge in [0.25, 0.3) is 5.91 Å². The molecule has 0 bridgehead atoms. The molecule has 3 aromatic carbocycles. The molecule has 0 aliphatic carbocycles. The fourth-order valence-corrected chi connectivity index (χ4v) is 3.97. The number of hydrogen-bond acceptors (Lipinski definition) is 4. The normalized spacial score (nSPS) is 10.8. The molecule has 0 unspecified atom stereocenters. The van der Waals surface area contributed by atoms with Crippen molar-refractivity contribution in [3.8, 4) is 16.9 Å². The summed E-state index contributed by atoms with van der Waals surface area (Å²) in [4.78, 5) is 17.0. The second kappa shape index (κ2) is 7.82. The summed E-state index contributed by atoms with van der Waals surface area (Å²) < 4.78 is 6.87. The Bertz CT molecular complexity index is 1140. The Morgan fingerprint density at radius 3 is 2.57 bits per heavy atom. The number of nitrogens with one attached hydrogen (secondary N) is 1. The van der Waals surface area contributed by atoms with Crippen molar-refractivity contribution in [2.24, 2.45) is 0 Å². The standard InChI is InChI=1S/C23H20N2O2S/c1-15-12-13-20-22(16(15)2)25-23(28-20)24-21(26)14-27-19-11-7-6-10-18(19)17-8-4-3-5-9-17/h3-13H,14H2,1-2H3,(H,24,25,26). The van der Waals surface area contributed by atoms with Gasteiger partial charge in [-0.2, -0.15) is 0 Å². The average molecular weight is 388 g/mol. The van der Waals surface area contributed by atoms with E-state index >= 15 is 0 Å². The van der Waals surface area contributed by atoms with E-state index in [1.807, 2.05) is 67.6 Å². The number of anilines is 1. The summed E-state index contributed by atoms with van der Waals surface area (Å²) in [5.74, 6) is 0.455. The van der Waals surface area contributed by atoms with Crippen molar-refractivity contribution in [1.82, 2.24) is 4.98 Å². The molecule has 0 spiro atoms. The molecule has 5 heteroatoms. The van der Waals surface area contributed by atoms with Gasteiger partial charge in [-0.05, 0) is 42.7 Å². The van der Waals surface area contributed by atoms with Crippen LogP contribution in [0.25, 0.3) is 21.3 Å². The van der Waals surface area contributed by atoms with Gasteiger partial charge in [0.2, 0.25) is 0 Å². The molecule has 0 fully saturated rings. The number of thiazole rings is 1. The van der Waals surface area contributed by atoms with Crippen molar-refractivity contribution in [3.63, 3.8) is 0 Å². The number of amides is 1. The second-order valence-electron chi connectivity index (χ2n) is 6.57. The Morgan fingerprint density at radius 2 is 1.75 bits per heavy atom. The van der Waals surface area contributed by atoms with Crippen LogP contribution in [0.1, 0.15) is 11.1 Å². The van der Waals surface area contributed by atoms with Gasteiger partial charge in [-0.3, -0.25) is 10.1 Å². The van der Waals surface area contributed by atoms with Gasteiger partial charge in [-0.25, -0.2) is 4.98 Å². The quantitative estimate of drug-likeness (QED) is 0.484. The van der Waals surface area contributed by atoms with Crippen molar-refractivity contribution < 1.29 is 9.53 Å². The Morgan fingerprint density at radius 1 is 1.00 bits per heavy atom. The van der Waals surface area contributed by atoms with Gasteiger partial charge in [0.1, 0.15) is 5.75 Å². The van der Waals surface area contributed by atoms with Crippen LogP contribution < -0.4 is 10.1 Å². The van der Waals surface area contributed by atoms with Crippen molar-refractivity contribution in [2.75, 3.05) is 11.9 Å². The molecular weight excluding hydrogens is 368 g/mol. The highest BCUT2D eigenvalue weighted by atomic mass is 32.1. The minimum atomic E-state index is -0.226. The maximum Gasteiger partial charge on any atom is 0.264 e. The summed E-state index contributed by atoms with van der Waals surface area (Å²) in [7, 11) is 0. The van der Waals surface area contributed by atoms with Crippen LogP contribution in [0.4, 0.5) is 5.13 Å². The Labute approximate surface area is 167 Å². The maximum atomic E-state index is 12.4. The van der Waals surface area contributed by atoms with Gasteiger partial charge in [0.05, 0.1) is 10.2 Å². The third-order valence-electron chi connectivity index (χ3n) is 4.66. The molecule has 4 aromatic rings. The smallest absolute Gasteiger partial charge is 0.264 e. The lowest BCUT2D eigenvalue weighted by atomic mass is 10.1. The predicted octanol–water partition coefficient (Wildman–Crippen LogP) is 5.60. The highest BCUT2D eigenvalue weighted by molar-refractivity contribution is 7.22. The minimum Gasteiger partial charge on any atom is -0.483 e. The number of benzene rings is 3. The van der Waals surface area contributed by atoms with Crippen LogP contribution in [-0.2, 0) is 4.79 Å². The molecule has 0 atom stereocenters. The largest absolute Gasteiger partial charge is 0.483 e. The molecule has 0 saturated heterocycles. The fraction of sp³-hybridized carbons (Fsp3) is 0.130. The Balaban J connectivity index is 1.47. The number of rotatable bonds is 5. The number of fused-ring (bicyclic) bond motifs is 1. The van der Waals surface area contributed by atoms with Crippen molar-refractivity contribution >= 4 is 32.6 Å². The summed E-state index contributed by atoms with van der Waals surface area (Å²) >= 11 is 1.47. The highest BCUT2D eigenvalue weighted by Crippen LogP contribution is 2.31. The predicted molar refractivity (Wildman–Crippen MR) is 115 cm³/mol. The van der Waals surface area contributed by atoms with Crippen LogP contribution in [0.2, 0.25) is 0 Å². The Kier molecular flexibility index (Phi) is 5.08. The highest BCUT2D eigenvalue weighted by Gasteiger charge is 2.12. The molecule has 4 rings (SSSR count). The van der Waals surface area contributed by atoms with Gasteiger partial charge in [-0.1, -0.05) is 65.9 Å². The number of nitrogens with zero attached hydrogens (tertiary/aromatic N) is 1. The summed E-state index contributed by atoms with van der Waals surface area (Å²) in [5.41, 5.74) is 5.28. The molecule has 0 aliphatic heterocycles. The van der Waals surface area contributed by atoms with E-state index < -0.39 is 0 Å². The molecule has 4 nitrogen and oxygen atoms in total. The first-order valence-corrected chi connectivity index (χ1v) is 9.87. The topological polar surface area (TPSA) is 51.2 Å². The first kappa shape index (κ1) is 18.2. The number of carbonyl (C=O) groups is 1. The average Bonchev–Trinajstić information content (AvgIpc) is 3.13. The van der Waals surface area contributed by atoms with E-state index in [0.717, 1.165) is 26.9 Å². The van der Waals surface area contributed by atoms with Crippen LogP contribution >= 0.6 is 11.3 Å². The molecule has 1 heterocycles. The number of hydrogen-bond donors (Lipinski definition) is 1. The monoisotopic (exact) mass is 388 g/mol. The van der Waals surface area contributed by atoms with Crippen LogP contribution in [0.5, 0.6) is 5.75 Å². The summed E-state index contributed by atoms with van der Waals surface area (Å²) in [6, 6.07) is 21.8. The van der Waals surface area contributed by atoms with E-state index in [1.165, 1.54) is 16.9 Å². The lowest BCUT2D eigenvalue weighted by Gasteiger charge is -2.11. The molecule has 28 heavy (non-hydrogen) atoms. The number of para-hydroxylation sites is 1. The zero-order chi connectivity index (χ0) is 19.5. The molecule has 1 amide bonds. The third-order valence-corrected chi connectivity index (χ3v) is 5.60. The zero-order valence-electron chi connectivity index (χ0n) is 15.7. The number of ether oxygens (including phenoxy) is 1. The number of aryl methyl sites for hydroxylation is 2. The number of carbonyl (C=O) groups excluding carboxylic acids is 1. The van der Waals surface area contributed by atoms with Gasteiger partial charge < -0.3 is 4.74 Å². The number of aromatic nitrogens is 1. The van der Waals surface area contributed by atoms with Crippen molar-refractivity contribution in [2.45, 2.75) is 13.8 Å². The molecule has 0 radical (unpaired) electrons. The van der Waals surface area contributed by atoms with Gasteiger partial charge in [0, 0.05) is 5.56 Å². The second-order valence-corrected chi connectivity index (χ2v) is 7.60. The van der Waals surface area contributed by atoms with E-state index in [4.69, 9.17) is 4.74 Å². The van der Waals surface area contributed by atoms with Gasteiger partial charge in [0.15, 0.2) is 11.7 Å². The molecule has 0 saturated carbocycles. The van der Waals surface area contributed by atoms with Gasteiger partial charge in [-0.15, -0.1) is 0 Å². The SMILES string of the molecule is Cc1ccc2sc(NC(=O)COc3ccccc3-c3ccccc3)nc2c1C. The summed E-state index contributed by atoms with van der Waals surface area (Å²) in [6.07, 6.45) is 0. The van der Waals surface area contributed by atoms with Crippen molar-refractivity contribution in [1.29, 1.82) is 0 Å². The molecule has 0 aliphatic rings. The molecule has 1 aromatic heterocycles. The van der Waals surface area contributed by atoms with E-state index in [9.17, 15) is 4.79 Å². The van der Waals surface area contributed by atoms with Crippen LogP contribution in [0, 0.1) is 13.8 Å². The van der Waals surface area contributed by atoms with Crippen LogP contribution in [-0.4, -0.2) is 17.5 Å². The van der Waals surface area contributed by atoms with Crippen LogP contribution in [0.15, 0.2) is 66.7 Å². The summed E-state index contributed by atoms with van der Waals surface area (Å²) in [5, 5.41) is 3.44. The molecule has 140 valence electrons. The first-order chi connectivity index (χ1) is 13.6. The van der Waals surface area contributed by atoms with E-state index in [2.05, 4.69) is 23.3 Å². The van der Waals surface area contributed by atoms with Crippen molar-refractivity contribution in [3.05, 3.63) is 77.9 Å². The van der Waals surface area contributed by atoms with E-state index in [-0.39, 0.29) is 12.5 Å². The molecule has 1 N–H and O–H groups in total. The minimum absolute atomic E-state index is 0.0716. The van der Waals surface area contributed by atoms with E-state index in [1.54, 1.807) is 0 Å². The van der Waals surface area contributed by atoms with Crippen LogP contribution in [0.3, 0.4) is 0 Å². The first-order valence-electron chi connectivity index (χ1n) is 9.05. The maximum absolute atomic E-state index is 12.4. The third kappa shape index (κ3) is 3.75.